The molecule has 4 nitrogen and oxygen atoms in total. The second-order valence-corrected chi connectivity index (χ2v) is 8.60. The standard InChI is InChI=1S/C13H22O.C6H8O2.C6H6O/c1-10-5-6-12-11(8-10)4-3-7-13(12,2)9-14;1-2-5-3-4-8-6(5)7;7-6-4-2-1-3-5-6/h11-12,14H,1,3-9H2,2H3;2H,3-4H2,1H3;1-5,7H/b;5-2+;/t11?,12?,13-;;/m0../s1. The predicted molar refractivity (Wildman–Crippen MR) is 116 cm³/mol. The third-order valence-electron chi connectivity index (χ3n) is 6.48. The minimum Gasteiger partial charge on any atom is -0.508 e. The van der Waals surface area contributed by atoms with Gasteiger partial charge in [-0.3, -0.25) is 0 Å². The molecule has 0 bridgehead atoms. The molecule has 1 heterocycles. The van der Waals surface area contributed by atoms with Crippen LogP contribution in [0.5, 0.6) is 5.75 Å². The molecule has 2 unspecified atom stereocenters. The first-order valence-corrected chi connectivity index (χ1v) is 10.7. The number of para-hydroxylation sites is 1. The number of aromatic hydroxyl groups is 1. The topological polar surface area (TPSA) is 66.8 Å². The van der Waals surface area contributed by atoms with Gasteiger partial charge in [0, 0.05) is 18.6 Å². The molecule has 3 fully saturated rings. The van der Waals surface area contributed by atoms with Gasteiger partial charge in [0.25, 0.3) is 0 Å². The van der Waals surface area contributed by atoms with E-state index in [9.17, 15) is 9.90 Å². The zero-order valence-electron chi connectivity index (χ0n) is 17.9. The highest BCUT2D eigenvalue weighted by molar-refractivity contribution is 5.90. The van der Waals surface area contributed by atoms with Gasteiger partial charge < -0.3 is 14.9 Å². The van der Waals surface area contributed by atoms with E-state index in [4.69, 9.17) is 5.11 Å². The first-order chi connectivity index (χ1) is 13.9. The number of aliphatic hydroxyl groups excluding tert-OH is 1. The van der Waals surface area contributed by atoms with Gasteiger partial charge in [-0.1, -0.05) is 49.8 Å². The smallest absolute Gasteiger partial charge is 0.333 e. The Hall–Kier alpha value is -2.07. The van der Waals surface area contributed by atoms with E-state index in [0.717, 1.165) is 23.8 Å². The predicted octanol–water partition coefficient (Wildman–Crippen LogP) is 5.41. The second kappa shape index (κ2) is 11.2. The Morgan fingerprint density at radius 2 is 1.97 bits per heavy atom. The number of rotatable bonds is 1. The molecule has 0 amide bonds. The highest BCUT2D eigenvalue weighted by Gasteiger charge is 2.43. The normalized spacial score (nSPS) is 29.7. The van der Waals surface area contributed by atoms with Crippen molar-refractivity contribution >= 4 is 5.97 Å². The maximum Gasteiger partial charge on any atom is 0.333 e. The van der Waals surface area contributed by atoms with E-state index >= 15 is 0 Å². The summed E-state index contributed by atoms with van der Waals surface area (Å²) in [6.45, 7) is 9.18. The molecule has 1 saturated heterocycles. The zero-order chi connectivity index (χ0) is 21.3. The van der Waals surface area contributed by atoms with Crippen molar-refractivity contribution in [2.45, 2.75) is 58.8 Å². The van der Waals surface area contributed by atoms with Gasteiger partial charge in [0.15, 0.2) is 0 Å². The van der Waals surface area contributed by atoms with E-state index in [1.807, 2.05) is 13.0 Å². The van der Waals surface area contributed by atoms with Gasteiger partial charge in [0.05, 0.1) is 6.61 Å². The van der Waals surface area contributed by atoms with E-state index in [0.29, 0.717) is 19.0 Å². The summed E-state index contributed by atoms with van der Waals surface area (Å²) >= 11 is 0. The molecule has 160 valence electrons. The van der Waals surface area contributed by atoms with E-state index in [2.05, 4.69) is 18.2 Å². The Kier molecular flexibility index (Phi) is 8.97. The molecular formula is C25H36O4. The Balaban J connectivity index is 0.000000170. The quantitative estimate of drug-likeness (QED) is 0.376. The number of hydrogen-bond acceptors (Lipinski definition) is 4. The third-order valence-corrected chi connectivity index (χ3v) is 6.48. The molecule has 1 aliphatic heterocycles. The van der Waals surface area contributed by atoms with Crippen LogP contribution in [0.25, 0.3) is 0 Å². The van der Waals surface area contributed by atoms with Crippen LogP contribution < -0.4 is 0 Å². The van der Waals surface area contributed by atoms with Crippen molar-refractivity contribution in [2.75, 3.05) is 13.2 Å². The molecule has 4 heteroatoms. The largest absolute Gasteiger partial charge is 0.508 e. The van der Waals surface area contributed by atoms with Crippen molar-refractivity contribution in [1.29, 1.82) is 0 Å². The number of phenols is 1. The average molecular weight is 401 g/mol. The third kappa shape index (κ3) is 6.74. The van der Waals surface area contributed by atoms with Gasteiger partial charge in [-0.2, -0.15) is 0 Å². The SMILES string of the molecule is C/C=C1\CCOC1=O.C=C1CCC2C(CCC[C@@]2(C)CO)C1.Oc1ccccc1. The van der Waals surface area contributed by atoms with Gasteiger partial charge in [0.2, 0.25) is 0 Å². The zero-order valence-corrected chi connectivity index (χ0v) is 17.9. The number of carbonyl (C=O) groups excluding carboxylic acids is 1. The Labute approximate surface area is 175 Å². The van der Waals surface area contributed by atoms with Crippen LogP contribution in [0, 0.1) is 17.3 Å². The summed E-state index contributed by atoms with van der Waals surface area (Å²) in [6, 6.07) is 8.71. The fourth-order valence-electron chi connectivity index (χ4n) is 4.72. The van der Waals surface area contributed by atoms with Gasteiger partial charge in [-0.15, -0.1) is 0 Å². The number of allylic oxidation sites excluding steroid dienone is 2. The maximum atomic E-state index is 10.5. The first kappa shape index (κ1) is 23.2. The summed E-state index contributed by atoms with van der Waals surface area (Å²) in [7, 11) is 0. The number of esters is 1. The molecule has 2 aliphatic carbocycles. The number of aliphatic hydroxyl groups is 1. The summed E-state index contributed by atoms with van der Waals surface area (Å²) in [4.78, 5) is 10.5. The molecule has 2 saturated carbocycles. The number of fused-ring (bicyclic) bond motifs is 1. The molecule has 29 heavy (non-hydrogen) atoms. The van der Waals surface area contributed by atoms with E-state index < -0.39 is 0 Å². The van der Waals surface area contributed by atoms with Crippen LogP contribution >= 0.6 is 0 Å². The number of hydrogen-bond donors (Lipinski definition) is 2. The van der Waals surface area contributed by atoms with E-state index in [1.54, 1.807) is 30.3 Å². The van der Waals surface area contributed by atoms with Crippen LogP contribution in [0.2, 0.25) is 0 Å². The Morgan fingerprint density at radius 1 is 1.24 bits per heavy atom. The van der Waals surface area contributed by atoms with E-state index in [-0.39, 0.29) is 11.4 Å². The molecule has 4 rings (SSSR count). The Morgan fingerprint density at radius 3 is 2.45 bits per heavy atom. The molecule has 0 radical (unpaired) electrons. The summed E-state index contributed by atoms with van der Waals surface area (Å²) < 4.78 is 4.65. The van der Waals surface area contributed by atoms with Crippen LogP contribution in [0.3, 0.4) is 0 Å². The van der Waals surface area contributed by atoms with Crippen LogP contribution in [0.1, 0.15) is 58.8 Å². The van der Waals surface area contributed by atoms with Gasteiger partial charge in [-0.25, -0.2) is 4.79 Å². The number of phenolic OH excluding ortho intramolecular Hbond substituents is 1. The maximum absolute atomic E-state index is 10.5. The van der Waals surface area contributed by atoms with Crippen LogP contribution in [0.4, 0.5) is 0 Å². The Bertz CT molecular complexity index is 694. The lowest BCUT2D eigenvalue weighted by Gasteiger charge is -2.48. The molecule has 0 spiro atoms. The van der Waals surface area contributed by atoms with Crippen molar-refractivity contribution in [3.05, 3.63) is 54.1 Å². The highest BCUT2D eigenvalue weighted by atomic mass is 16.5. The summed E-state index contributed by atoms with van der Waals surface area (Å²) in [5.41, 5.74) is 2.46. The number of benzene rings is 1. The summed E-state index contributed by atoms with van der Waals surface area (Å²) in [6.07, 6.45) is 10.1. The molecule has 1 aromatic carbocycles. The van der Waals surface area contributed by atoms with Crippen LogP contribution in [-0.4, -0.2) is 29.4 Å². The molecular weight excluding hydrogens is 364 g/mol. The highest BCUT2D eigenvalue weighted by Crippen LogP contribution is 2.51. The first-order valence-electron chi connectivity index (χ1n) is 10.7. The number of ether oxygens (including phenoxy) is 1. The minimum atomic E-state index is -0.146. The van der Waals surface area contributed by atoms with Gasteiger partial charge in [0.1, 0.15) is 5.75 Å². The van der Waals surface area contributed by atoms with Crippen molar-refractivity contribution in [3.63, 3.8) is 0 Å². The lowest BCUT2D eigenvalue weighted by atomic mass is 9.58. The van der Waals surface area contributed by atoms with Gasteiger partial charge >= 0.3 is 5.97 Å². The van der Waals surface area contributed by atoms with Crippen molar-refractivity contribution in [3.8, 4) is 5.75 Å². The molecule has 0 aromatic heterocycles. The van der Waals surface area contributed by atoms with E-state index in [1.165, 1.54) is 44.1 Å². The molecule has 3 aliphatic rings. The monoisotopic (exact) mass is 400 g/mol. The number of carbonyl (C=O) groups is 1. The van der Waals surface area contributed by atoms with Gasteiger partial charge in [-0.05, 0) is 68.4 Å². The van der Waals surface area contributed by atoms with Crippen molar-refractivity contribution in [1.82, 2.24) is 0 Å². The minimum absolute atomic E-state index is 0.146. The lowest BCUT2D eigenvalue weighted by Crippen LogP contribution is -2.41. The molecule has 1 aromatic rings. The van der Waals surface area contributed by atoms with Crippen LogP contribution in [-0.2, 0) is 9.53 Å². The van der Waals surface area contributed by atoms with Crippen molar-refractivity contribution < 1.29 is 19.7 Å². The number of cyclic esters (lactones) is 1. The fourth-order valence-corrected chi connectivity index (χ4v) is 4.72. The molecule has 3 atom stereocenters. The molecule has 2 N–H and O–H groups in total. The summed E-state index contributed by atoms with van der Waals surface area (Å²) in [5, 5.41) is 18.2. The average Bonchev–Trinajstić information content (AvgIpc) is 3.14. The second-order valence-electron chi connectivity index (χ2n) is 8.60. The summed E-state index contributed by atoms with van der Waals surface area (Å²) in [5.74, 6) is 1.75. The lowest BCUT2D eigenvalue weighted by molar-refractivity contribution is -0.135. The van der Waals surface area contributed by atoms with Crippen LogP contribution in [0.15, 0.2) is 54.1 Å². The van der Waals surface area contributed by atoms with Crippen molar-refractivity contribution in [2.24, 2.45) is 17.3 Å². The fraction of sp³-hybridized carbons (Fsp3) is 0.560.